The Bertz CT molecular complexity index is 330. The van der Waals surface area contributed by atoms with Crippen LogP contribution in [0.2, 0.25) is 0 Å². The minimum atomic E-state index is 0.432. The lowest BCUT2D eigenvalue weighted by atomic mass is 9.80. The Balaban J connectivity index is 1.66. The van der Waals surface area contributed by atoms with E-state index in [1.165, 1.54) is 70.9 Å². The highest BCUT2D eigenvalue weighted by Gasteiger charge is 2.44. The summed E-state index contributed by atoms with van der Waals surface area (Å²) in [5.74, 6) is 0.907. The van der Waals surface area contributed by atoms with Crippen molar-refractivity contribution in [1.29, 1.82) is 0 Å². The average Bonchev–Trinajstić information content (AvgIpc) is 2.97. The molecule has 20 heavy (non-hydrogen) atoms. The van der Waals surface area contributed by atoms with E-state index in [-0.39, 0.29) is 0 Å². The number of hydrogen-bond acceptors (Lipinski definition) is 2. The van der Waals surface area contributed by atoms with Crippen LogP contribution in [0.3, 0.4) is 0 Å². The van der Waals surface area contributed by atoms with E-state index in [0.29, 0.717) is 11.6 Å². The van der Waals surface area contributed by atoms with Crippen LogP contribution in [0.1, 0.15) is 57.8 Å². The van der Waals surface area contributed by atoms with Crippen LogP contribution >= 0.6 is 11.6 Å². The lowest BCUT2D eigenvalue weighted by molar-refractivity contribution is 0.0341. The van der Waals surface area contributed by atoms with Crippen LogP contribution in [0, 0.1) is 5.92 Å². The average molecular weight is 297 g/mol. The molecular formula is C17H29ClN2. The number of halogens is 1. The summed E-state index contributed by atoms with van der Waals surface area (Å²) in [6.45, 7) is 3.46. The number of piperazine rings is 1. The summed E-state index contributed by atoms with van der Waals surface area (Å²) in [6, 6.07) is 0.713. The molecule has 1 heterocycles. The predicted molar refractivity (Wildman–Crippen MR) is 86.1 cm³/mol. The van der Waals surface area contributed by atoms with Crippen LogP contribution in [-0.4, -0.2) is 36.1 Å². The van der Waals surface area contributed by atoms with Gasteiger partial charge in [0.25, 0.3) is 0 Å². The highest BCUT2D eigenvalue weighted by Crippen LogP contribution is 2.38. The lowest BCUT2D eigenvalue weighted by Crippen LogP contribution is -2.65. The van der Waals surface area contributed by atoms with Crippen molar-refractivity contribution in [1.82, 2.24) is 10.2 Å². The van der Waals surface area contributed by atoms with Crippen molar-refractivity contribution in [2.75, 3.05) is 19.6 Å². The van der Waals surface area contributed by atoms with Crippen molar-refractivity contribution in [2.24, 2.45) is 5.92 Å². The second-order valence-electron chi connectivity index (χ2n) is 7.08. The van der Waals surface area contributed by atoms with Gasteiger partial charge in [-0.25, -0.2) is 0 Å². The first-order chi connectivity index (χ1) is 9.84. The molecule has 2 nitrogen and oxygen atoms in total. The van der Waals surface area contributed by atoms with Gasteiger partial charge in [0.1, 0.15) is 0 Å². The van der Waals surface area contributed by atoms with Crippen LogP contribution in [0.25, 0.3) is 0 Å². The molecule has 3 rings (SSSR count). The Morgan fingerprint density at radius 2 is 1.85 bits per heavy atom. The molecule has 0 radical (unpaired) electrons. The second-order valence-corrected chi connectivity index (χ2v) is 7.34. The highest BCUT2D eigenvalue weighted by atomic mass is 35.5. The smallest absolute Gasteiger partial charge is 0.0338 e. The first-order valence-corrected chi connectivity index (χ1v) is 9.01. The molecule has 3 heteroatoms. The van der Waals surface area contributed by atoms with Gasteiger partial charge in [0.15, 0.2) is 0 Å². The topological polar surface area (TPSA) is 15.3 Å². The van der Waals surface area contributed by atoms with Gasteiger partial charge in [-0.2, -0.15) is 0 Å². The van der Waals surface area contributed by atoms with Gasteiger partial charge in [-0.15, -0.1) is 0 Å². The van der Waals surface area contributed by atoms with Crippen molar-refractivity contribution < 1.29 is 0 Å². The molecule has 1 unspecified atom stereocenters. The molecule has 1 N–H and O–H groups in total. The highest BCUT2D eigenvalue weighted by molar-refractivity contribution is 6.25. The molecule has 3 fully saturated rings. The van der Waals surface area contributed by atoms with Gasteiger partial charge in [0.2, 0.25) is 0 Å². The van der Waals surface area contributed by atoms with Gasteiger partial charge < -0.3 is 5.32 Å². The molecule has 1 saturated heterocycles. The minimum Gasteiger partial charge on any atom is -0.311 e. The van der Waals surface area contributed by atoms with E-state index in [4.69, 9.17) is 11.6 Å². The summed E-state index contributed by atoms with van der Waals surface area (Å²) >= 11 is 5.78. The Hall–Kier alpha value is -0.0500. The van der Waals surface area contributed by atoms with Crippen LogP contribution in [0.15, 0.2) is 11.6 Å². The van der Waals surface area contributed by atoms with Gasteiger partial charge in [0, 0.05) is 36.8 Å². The van der Waals surface area contributed by atoms with E-state index in [9.17, 15) is 0 Å². The van der Waals surface area contributed by atoms with E-state index < -0.39 is 0 Å². The van der Waals surface area contributed by atoms with Crippen molar-refractivity contribution in [2.45, 2.75) is 69.4 Å². The molecule has 0 aromatic carbocycles. The van der Waals surface area contributed by atoms with Crippen LogP contribution in [0.5, 0.6) is 0 Å². The molecule has 0 bridgehead atoms. The SMILES string of the molecule is Cl/C=C/CN1CC(C2CCCCC2)NCC12CCCC2. The van der Waals surface area contributed by atoms with Crippen molar-refractivity contribution >= 4 is 11.6 Å². The molecule has 0 aromatic heterocycles. The quantitative estimate of drug-likeness (QED) is 0.849. The number of hydrogen-bond donors (Lipinski definition) is 1. The second kappa shape index (κ2) is 6.81. The van der Waals surface area contributed by atoms with Crippen molar-refractivity contribution in [3.8, 4) is 0 Å². The van der Waals surface area contributed by atoms with E-state index in [2.05, 4.69) is 16.3 Å². The Kier molecular flexibility index (Phi) is 5.06. The largest absolute Gasteiger partial charge is 0.311 e. The Morgan fingerprint density at radius 1 is 1.10 bits per heavy atom. The summed E-state index contributed by atoms with van der Waals surface area (Å²) in [7, 11) is 0. The van der Waals surface area contributed by atoms with E-state index >= 15 is 0 Å². The maximum absolute atomic E-state index is 5.78. The molecule has 2 saturated carbocycles. The molecule has 0 amide bonds. The zero-order valence-corrected chi connectivity index (χ0v) is 13.4. The first-order valence-electron chi connectivity index (χ1n) is 8.58. The first kappa shape index (κ1) is 14.9. The van der Waals surface area contributed by atoms with Crippen LogP contribution in [-0.2, 0) is 0 Å². The zero-order valence-electron chi connectivity index (χ0n) is 12.6. The molecule has 1 atom stereocenters. The molecule has 1 spiro atoms. The Labute approximate surface area is 128 Å². The third kappa shape index (κ3) is 3.08. The maximum Gasteiger partial charge on any atom is 0.0338 e. The van der Waals surface area contributed by atoms with Crippen molar-refractivity contribution in [3.63, 3.8) is 0 Å². The van der Waals surface area contributed by atoms with E-state index in [1.807, 2.05) is 0 Å². The monoisotopic (exact) mass is 296 g/mol. The van der Waals surface area contributed by atoms with Crippen LogP contribution in [0.4, 0.5) is 0 Å². The number of rotatable bonds is 3. The number of nitrogens with zero attached hydrogens (tertiary/aromatic N) is 1. The molecule has 3 aliphatic rings. The van der Waals surface area contributed by atoms with Crippen molar-refractivity contribution in [3.05, 3.63) is 11.6 Å². The predicted octanol–water partition coefficient (Wildman–Crippen LogP) is 3.91. The summed E-state index contributed by atoms with van der Waals surface area (Å²) in [6.07, 6.45) is 14.9. The van der Waals surface area contributed by atoms with Crippen LogP contribution < -0.4 is 5.32 Å². The fourth-order valence-corrected chi connectivity index (χ4v) is 4.82. The number of nitrogens with one attached hydrogen (secondary N) is 1. The standard InChI is InChI=1S/C17H29ClN2/c18-11-6-12-20-13-16(15-7-2-1-3-8-15)19-14-17(20)9-4-5-10-17/h6,11,15-16,19H,1-5,7-10,12-14H2/b11-6+. The third-order valence-electron chi connectivity index (χ3n) is 5.95. The normalized spacial score (nSPS) is 32.4. The van der Waals surface area contributed by atoms with E-state index in [1.54, 1.807) is 5.54 Å². The summed E-state index contributed by atoms with van der Waals surface area (Å²) < 4.78 is 0. The summed E-state index contributed by atoms with van der Waals surface area (Å²) in [5, 5.41) is 3.93. The lowest BCUT2D eigenvalue weighted by Gasteiger charge is -2.50. The fraction of sp³-hybridized carbons (Fsp3) is 0.882. The molecule has 0 aromatic rings. The van der Waals surface area contributed by atoms with Gasteiger partial charge in [0.05, 0.1) is 0 Å². The summed E-state index contributed by atoms with van der Waals surface area (Å²) in [4.78, 5) is 2.74. The van der Waals surface area contributed by atoms with Gasteiger partial charge in [-0.3, -0.25) is 4.90 Å². The third-order valence-corrected chi connectivity index (χ3v) is 6.13. The van der Waals surface area contributed by atoms with Gasteiger partial charge in [-0.1, -0.05) is 49.8 Å². The Morgan fingerprint density at radius 3 is 2.55 bits per heavy atom. The van der Waals surface area contributed by atoms with E-state index in [0.717, 1.165) is 12.5 Å². The maximum atomic E-state index is 5.78. The fourth-order valence-electron chi connectivity index (χ4n) is 4.74. The molecule has 114 valence electrons. The molecular weight excluding hydrogens is 268 g/mol. The molecule has 1 aliphatic heterocycles. The zero-order chi connectivity index (χ0) is 13.8. The van der Waals surface area contributed by atoms with Gasteiger partial charge in [-0.05, 0) is 31.6 Å². The van der Waals surface area contributed by atoms with Gasteiger partial charge >= 0.3 is 0 Å². The summed E-state index contributed by atoms with van der Waals surface area (Å²) in [5.41, 5.74) is 2.13. The minimum absolute atomic E-state index is 0.432. The molecule has 2 aliphatic carbocycles.